The van der Waals surface area contributed by atoms with Crippen LogP contribution in [0.2, 0.25) is 0 Å². The number of nitrogens with zero attached hydrogens (tertiary/aromatic N) is 1. The fourth-order valence-electron chi connectivity index (χ4n) is 2.31. The third-order valence-corrected chi connectivity index (χ3v) is 3.36. The van der Waals surface area contributed by atoms with E-state index in [1.165, 1.54) is 0 Å². The molecular weight excluding hydrogens is 228 g/mol. The van der Waals surface area contributed by atoms with Gasteiger partial charge in [-0.25, -0.2) is 4.98 Å². The van der Waals surface area contributed by atoms with E-state index in [1.54, 1.807) is 6.33 Å². The van der Waals surface area contributed by atoms with Crippen molar-refractivity contribution in [3.63, 3.8) is 0 Å². The van der Waals surface area contributed by atoms with Crippen LogP contribution in [0.4, 0.5) is 0 Å². The van der Waals surface area contributed by atoms with Gasteiger partial charge in [0.15, 0.2) is 0 Å². The minimum Gasteiger partial charge on any atom is -0.349 e. The Kier molecular flexibility index (Phi) is 2.98. The van der Waals surface area contributed by atoms with Crippen LogP contribution in [0.15, 0.2) is 24.5 Å². The molecule has 1 amide bonds. The summed E-state index contributed by atoms with van der Waals surface area (Å²) >= 11 is 0. The van der Waals surface area contributed by atoms with Gasteiger partial charge in [0.2, 0.25) is 0 Å². The fourth-order valence-corrected chi connectivity index (χ4v) is 2.31. The summed E-state index contributed by atoms with van der Waals surface area (Å²) in [4.78, 5) is 19.3. The van der Waals surface area contributed by atoms with E-state index >= 15 is 0 Å². The van der Waals surface area contributed by atoms with Crippen molar-refractivity contribution in [3.8, 4) is 0 Å². The van der Waals surface area contributed by atoms with Crippen LogP contribution in [0.3, 0.4) is 0 Å². The van der Waals surface area contributed by atoms with Crippen LogP contribution in [0, 0.1) is 0 Å². The molecule has 0 unspecified atom stereocenters. The molecule has 0 spiro atoms. The smallest absolute Gasteiger partial charge is 0.251 e. The quantitative estimate of drug-likeness (QED) is 0.739. The normalized spacial score (nSPS) is 16.9. The van der Waals surface area contributed by atoms with Crippen LogP contribution in [0.1, 0.15) is 23.2 Å². The molecule has 2 aromatic rings. The molecule has 0 atom stereocenters. The predicted molar refractivity (Wildman–Crippen MR) is 69.5 cm³/mol. The van der Waals surface area contributed by atoms with Gasteiger partial charge in [0.05, 0.1) is 17.4 Å². The number of hydrogen-bond donors (Lipinski definition) is 3. The first-order valence-electron chi connectivity index (χ1n) is 6.27. The summed E-state index contributed by atoms with van der Waals surface area (Å²) < 4.78 is 0. The van der Waals surface area contributed by atoms with Crippen LogP contribution in [-0.2, 0) is 0 Å². The zero-order valence-electron chi connectivity index (χ0n) is 10.1. The Morgan fingerprint density at radius 2 is 2.17 bits per heavy atom. The number of carbonyl (C=O) groups is 1. The molecule has 3 rings (SSSR count). The first-order chi connectivity index (χ1) is 8.83. The summed E-state index contributed by atoms with van der Waals surface area (Å²) in [5.41, 5.74) is 2.46. The SMILES string of the molecule is O=C(NC1CCNCC1)c1ccc2nc[nH]c2c1. The van der Waals surface area contributed by atoms with E-state index < -0.39 is 0 Å². The molecule has 1 aromatic carbocycles. The van der Waals surface area contributed by atoms with Gasteiger partial charge in [-0.1, -0.05) is 0 Å². The van der Waals surface area contributed by atoms with Crippen LogP contribution >= 0.6 is 0 Å². The number of amides is 1. The molecular formula is C13H16N4O. The first kappa shape index (κ1) is 11.2. The van der Waals surface area contributed by atoms with Crippen molar-refractivity contribution < 1.29 is 4.79 Å². The van der Waals surface area contributed by atoms with Crippen LogP contribution in [0.5, 0.6) is 0 Å². The van der Waals surface area contributed by atoms with E-state index in [2.05, 4.69) is 20.6 Å². The highest BCUT2D eigenvalue weighted by Crippen LogP contribution is 2.12. The zero-order chi connectivity index (χ0) is 12.4. The van der Waals surface area contributed by atoms with Gasteiger partial charge >= 0.3 is 0 Å². The molecule has 18 heavy (non-hydrogen) atoms. The number of H-pyrrole nitrogens is 1. The number of piperidine rings is 1. The lowest BCUT2D eigenvalue weighted by Gasteiger charge is -2.23. The third-order valence-electron chi connectivity index (χ3n) is 3.36. The van der Waals surface area contributed by atoms with Crippen LogP contribution in [-0.4, -0.2) is 35.0 Å². The number of rotatable bonds is 2. The second-order valence-electron chi connectivity index (χ2n) is 4.63. The summed E-state index contributed by atoms with van der Waals surface area (Å²) in [5.74, 6) is -0.00148. The summed E-state index contributed by atoms with van der Waals surface area (Å²) in [6.45, 7) is 1.95. The van der Waals surface area contributed by atoms with Crippen molar-refractivity contribution in [2.75, 3.05) is 13.1 Å². The predicted octanol–water partition coefficient (Wildman–Crippen LogP) is 1.04. The van der Waals surface area contributed by atoms with E-state index in [0.29, 0.717) is 5.56 Å². The van der Waals surface area contributed by atoms with Gasteiger partial charge in [0.1, 0.15) is 0 Å². The van der Waals surface area contributed by atoms with Crippen molar-refractivity contribution in [3.05, 3.63) is 30.1 Å². The number of nitrogens with one attached hydrogen (secondary N) is 3. The van der Waals surface area contributed by atoms with Crippen molar-refractivity contribution in [2.45, 2.75) is 18.9 Å². The highest BCUT2D eigenvalue weighted by atomic mass is 16.1. The molecule has 94 valence electrons. The number of aromatic amines is 1. The molecule has 0 radical (unpaired) electrons. The Bertz CT molecular complexity index is 557. The molecule has 2 heterocycles. The molecule has 0 bridgehead atoms. The van der Waals surface area contributed by atoms with Crippen molar-refractivity contribution >= 4 is 16.9 Å². The molecule has 1 saturated heterocycles. The Balaban J connectivity index is 1.74. The minimum absolute atomic E-state index is 0.00148. The van der Waals surface area contributed by atoms with E-state index in [-0.39, 0.29) is 11.9 Å². The van der Waals surface area contributed by atoms with Crippen molar-refractivity contribution in [1.29, 1.82) is 0 Å². The second kappa shape index (κ2) is 4.78. The number of hydrogen-bond acceptors (Lipinski definition) is 3. The molecule has 5 nitrogen and oxygen atoms in total. The standard InChI is InChI=1S/C13H16N4O/c18-13(17-10-3-5-14-6-4-10)9-1-2-11-12(7-9)16-8-15-11/h1-2,7-8,10,14H,3-6H2,(H,15,16)(H,17,18). The van der Waals surface area contributed by atoms with Gasteiger partial charge in [-0.05, 0) is 44.1 Å². The number of imidazole rings is 1. The molecule has 0 saturated carbocycles. The number of benzene rings is 1. The number of carbonyl (C=O) groups excluding carboxylic acids is 1. The highest BCUT2D eigenvalue weighted by Gasteiger charge is 2.16. The number of fused-ring (bicyclic) bond motifs is 1. The van der Waals surface area contributed by atoms with Crippen LogP contribution in [0.25, 0.3) is 11.0 Å². The third kappa shape index (κ3) is 2.22. The minimum atomic E-state index is -0.00148. The van der Waals surface area contributed by atoms with E-state index in [4.69, 9.17) is 0 Å². The van der Waals surface area contributed by atoms with E-state index in [0.717, 1.165) is 37.0 Å². The average Bonchev–Trinajstić information content (AvgIpc) is 2.87. The first-order valence-corrected chi connectivity index (χ1v) is 6.27. The Labute approximate surface area is 105 Å². The maximum Gasteiger partial charge on any atom is 0.251 e. The molecule has 0 aliphatic carbocycles. The molecule has 1 aliphatic heterocycles. The Hall–Kier alpha value is -1.88. The molecule has 1 aromatic heterocycles. The molecule has 1 aliphatic rings. The fraction of sp³-hybridized carbons (Fsp3) is 0.385. The van der Waals surface area contributed by atoms with Gasteiger partial charge in [-0.3, -0.25) is 4.79 Å². The summed E-state index contributed by atoms with van der Waals surface area (Å²) in [7, 11) is 0. The summed E-state index contributed by atoms with van der Waals surface area (Å²) in [6.07, 6.45) is 3.63. The van der Waals surface area contributed by atoms with Gasteiger partial charge < -0.3 is 15.6 Å². The van der Waals surface area contributed by atoms with Crippen molar-refractivity contribution in [1.82, 2.24) is 20.6 Å². The largest absolute Gasteiger partial charge is 0.349 e. The molecule has 5 heteroatoms. The maximum atomic E-state index is 12.1. The highest BCUT2D eigenvalue weighted by molar-refractivity contribution is 5.97. The van der Waals surface area contributed by atoms with E-state index in [1.807, 2.05) is 18.2 Å². The maximum absolute atomic E-state index is 12.1. The number of aromatic nitrogens is 2. The zero-order valence-corrected chi connectivity index (χ0v) is 10.1. The van der Waals surface area contributed by atoms with Gasteiger partial charge in [0, 0.05) is 11.6 Å². The van der Waals surface area contributed by atoms with Gasteiger partial charge in [-0.2, -0.15) is 0 Å². The van der Waals surface area contributed by atoms with Gasteiger partial charge in [0.25, 0.3) is 5.91 Å². The average molecular weight is 244 g/mol. The van der Waals surface area contributed by atoms with Crippen molar-refractivity contribution in [2.24, 2.45) is 0 Å². The lowest BCUT2D eigenvalue weighted by Crippen LogP contribution is -2.42. The Morgan fingerprint density at radius 1 is 1.33 bits per heavy atom. The lowest BCUT2D eigenvalue weighted by atomic mass is 10.1. The van der Waals surface area contributed by atoms with E-state index in [9.17, 15) is 4.79 Å². The molecule has 1 fully saturated rings. The summed E-state index contributed by atoms with van der Waals surface area (Å²) in [5, 5.41) is 6.36. The lowest BCUT2D eigenvalue weighted by molar-refractivity contribution is 0.0929. The van der Waals surface area contributed by atoms with Gasteiger partial charge in [-0.15, -0.1) is 0 Å². The summed E-state index contributed by atoms with van der Waals surface area (Å²) in [6, 6.07) is 5.82. The second-order valence-corrected chi connectivity index (χ2v) is 4.63. The monoisotopic (exact) mass is 244 g/mol. The Morgan fingerprint density at radius 3 is 3.00 bits per heavy atom. The molecule has 3 N–H and O–H groups in total. The topological polar surface area (TPSA) is 69.8 Å². The van der Waals surface area contributed by atoms with Crippen LogP contribution < -0.4 is 10.6 Å².